The number of carbonyl (C=O) groups is 1. The zero-order valence-electron chi connectivity index (χ0n) is 7.42. The Morgan fingerprint density at radius 2 is 2.00 bits per heavy atom. The Morgan fingerprint density at radius 3 is 2.54 bits per heavy atom. The normalized spacial score (nSPS) is 10.0. The van der Waals surface area contributed by atoms with Crippen molar-refractivity contribution >= 4 is 32.8 Å². The quantitative estimate of drug-likeness (QED) is 0.766. The van der Waals surface area contributed by atoms with Crippen LogP contribution in [-0.4, -0.2) is 5.12 Å². The second kappa shape index (κ2) is 5.45. The molecule has 0 heterocycles. The molecule has 1 aromatic rings. The molecule has 0 atom stereocenters. The van der Waals surface area contributed by atoms with Crippen molar-refractivity contribution in [2.45, 2.75) is 24.7 Å². The smallest absolute Gasteiger partial charge is 0.193 e. The van der Waals surface area contributed by atoms with Crippen molar-refractivity contribution in [1.29, 1.82) is 0 Å². The average Bonchev–Trinajstić information content (AvgIpc) is 2.09. The summed E-state index contributed by atoms with van der Waals surface area (Å²) in [6, 6.07) is 7.79. The lowest BCUT2D eigenvalue weighted by Crippen LogP contribution is -1.88. The first-order chi connectivity index (χ1) is 6.22. The molecule has 0 spiro atoms. The van der Waals surface area contributed by atoms with Crippen molar-refractivity contribution in [3.63, 3.8) is 0 Å². The number of benzene rings is 1. The van der Waals surface area contributed by atoms with Gasteiger partial charge in [0.05, 0.1) is 0 Å². The largest absolute Gasteiger partial charge is 0.287 e. The Bertz CT molecular complexity index is 281. The topological polar surface area (TPSA) is 17.1 Å². The van der Waals surface area contributed by atoms with Gasteiger partial charge in [0.1, 0.15) is 0 Å². The number of thioether (sulfide) groups is 1. The Morgan fingerprint density at radius 1 is 1.38 bits per heavy atom. The Hall–Kier alpha value is -0.280. The molecule has 1 nitrogen and oxygen atoms in total. The van der Waals surface area contributed by atoms with Gasteiger partial charge in [0, 0.05) is 15.8 Å². The number of rotatable bonds is 3. The number of hydrogen-bond donors (Lipinski definition) is 0. The molecule has 0 radical (unpaired) electrons. The molecule has 70 valence electrons. The molecule has 0 saturated carbocycles. The fourth-order valence-corrected chi connectivity index (χ4v) is 1.99. The molecule has 1 aromatic carbocycles. The van der Waals surface area contributed by atoms with Crippen molar-refractivity contribution in [3.05, 3.63) is 28.7 Å². The summed E-state index contributed by atoms with van der Waals surface area (Å²) < 4.78 is 1.04. The highest BCUT2D eigenvalue weighted by molar-refractivity contribution is 9.10. The predicted octanol–water partition coefficient (Wildman–Crippen LogP) is 3.87. The molecule has 0 unspecified atom stereocenters. The fraction of sp³-hybridized carbons (Fsp3) is 0.300. The third-order valence-corrected chi connectivity index (χ3v) is 2.97. The van der Waals surface area contributed by atoms with E-state index in [1.54, 1.807) is 0 Å². The van der Waals surface area contributed by atoms with Gasteiger partial charge in [-0.1, -0.05) is 34.6 Å². The van der Waals surface area contributed by atoms with E-state index in [0.29, 0.717) is 6.42 Å². The third kappa shape index (κ3) is 3.96. The molecule has 0 aliphatic rings. The highest BCUT2D eigenvalue weighted by Gasteiger charge is 2.02. The lowest BCUT2D eigenvalue weighted by atomic mass is 10.4. The van der Waals surface area contributed by atoms with Crippen molar-refractivity contribution in [2.24, 2.45) is 0 Å². The molecule has 3 heteroatoms. The SMILES string of the molecule is CCCC(=O)Sc1ccc(Br)cc1. The Balaban J connectivity index is 2.54. The van der Waals surface area contributed by atoms with Crippen molar-refractivity contribution < 1.29 is 4.79 Å². The van der Waals surface area contributed by atoms with Gasteiger partial charge in [-0.05, 0) is 30.7 Å². The van der Waals surface area contributed by atoms with Crippen LogP contribution in [0.3, 0.4) is 0 Å². The molecule has 0 amide bonds. The molecule has 0 bridgehead atoms. The van der Waals surface area contributed by atoms with Gasteiger partial charge >= 0.3 is 0 Å². The molecule has 0 aliphatic carbocycles. The second-order valence-corrected chi connectivity index (χ2v) is 4.72. The van der Waals surface area contributed by atoms with Gasteiger partial charge < -0.3 is 0 Å². The lowest BCUT2D eigenvalue weighted by molar-refractivity contribution is -0.111. The van der Waals surface area contributed by atoms with Gasteiger partial charge in [-0.2, -0.15) is 0 Å². The zero-order valence-corrected chi connectivity index (χ0v) is 9.82. The fourth-order valence-electron chi connectivity index (χ4n) is 0.889. The van der Waals surface area contributed by atoms with E-state index in [1.807, 2.05) is 31.2 Å². The van der Waals surface area contributed by atoms with Crippen LogP contribution in [0.4, 0.5) is 0 Å². The molecule has 0 aromatic heterocycles. The highest BCUT2D eigenvalue weighted by atomic mass is 79.9. The molecular formula is C10H11BrOS. The summed E-state index contributed by atoms with van der Waals surface area (Å²) in [5, 5.41) is 0.241. The van der Waals surface area contributed by atoms with Gasteiger partial charge in [-0.25, -0.2) is 0 Å². The summed E-state index contributed by atoms with van der Waals surface area (Å²) in [4.78, 5) is 12.3. The molecule has 0 fully saturated rings. The summed E-state index contributed by atoms with van der Waals surface area (Å²) in [6.45, 7) is 2.01. The van der Waals surface area contributed by atoms with Gasteiger partial charge in [-0.15, -0.1) is 0 Å². The zero-order chi connectivity index (χ0) is 9.68. The van der Waals surface area contributed by atoms with E-state index < -0.39 is 0 Å². The van der Waals surface area contributed by atoms with E-state index in [9.17, 15) is 4.79 Å². The Labute approximate surface area is 91.0 Å². The molecule has 0 N–H and O–H groups in total. The van der Waals surface area contributed by atoms with E-state index in [2.05, 4.69) is 15.9 Å². The first kappa shape index (κ1) is 10.8. The van der Waals surface area contributed by atoms with E-state index in [-0.39, 0.29) is 5.12 Å². The van der Waals surface area contributed by atoms with Crippen molar-refractivity contribution in [2.75, 3.05) is 0 Å². The van der Waals surface area contributed by atoms with E-state index in [1.165, 1.54) is 11.8 Å². The van der Waals surface area contributed by atoms with Crippen LogP contribution in [0.1, 0.15) is 19.8 Å². The predicted molar refractivity (Wildman–Crippen MR) is 59.9 cm³/mol. The maximum Gasteiger partial charge on any atom is 0.193 e. The van der Waals surface area contributed by atoms with Crippen LogP contribution in [0.15, 0.2) is 33.6 Å². The van der Waals surface area contributed by atoms with Crippen LogP contribution >= 0.6 is 27.7 Å². The minimum Gasteiger partial charge on any atom is -0.287 e. The Kier molecular flexibility index (Phi) is 4.53. The minimum atomic E-state index is 0.241. The standard InChI is InChI=1S/C10H11BrOS/c1-2-3-10(12)13-9-6-4-8(11)5-7-9/h4-7H,2-3H2,1H3. The average molecular weight is 259 g/mol. The summed E-state index contributed by atoms with van der Waals surface area (Å²) in [5.74, 6) is 0. The summed E-state index contributed by atoms with van der Waals surface area (Å²) in [6.07, 6.45) is 1.57. The summed E-state index contributed by atoms with van der Waals surface area (Å²) in [5.41, 5.74) is 0. The molecule has 0 saturated heterocycles. The molecule has 0 aliphatic heterocycles. The highest BCUT2D eigenvalue weighted by Crippen LogP contribution is 2.22. The van der Waals surface area contributed by atoms with E-state index >= 15 is 0 Å². The maximum atomic E-state index is 11.2. The van der Waals surface area contributed by atoms with Gasteiger partial charge in [-0.3, -0.25) is 4.79 Å². The van der Waals surface area contributed by atoms with E-state index in [0.717, 1.165) is 15.8 Å². The first-order valence-electron chi connectivity index (χ1n) is 4.18. The van der Waals surface area contributed by atoms with Crippen LogP contribution in [0.25, 0.3) is 0 Å². The van der Waals surface area contributed by atoms with Gasteiger partial charge in [0.2, 0.25) is 0 Å². The minimum absolute atomic E-state index is 0.241. The summed E-state index contributed by atoms with van der Waals surface area (Å²) >= 11 is 4.67. The van der Waals surface area contributed by atoms with Crippen LogP contribution in [0.2, 0.25) is 0 Å². The number of carbonyl (C=O) groups excluding carboxylic acids is 1. The van der Waals surface area contributed by atoms with Gasteiger partial charge in [0.25, 0.3) is 0 Å². The molecule has 1 rings (SSSR count). The van der Waals surface area contributed by atoms with E-state index in [4.69, 9.17) is 0 Å². The van der Waals surface area contributed by atoms with Crippen LogP contribution in [-0.2, 0) is 4.79 Å². The first-order valence-corrected chi connectivity index (χ1v) is 5.79. The van der Waals surface area contributed by atoms with Crippen molar-refractivity contribution in [3.8, 4) is 0 Å². The monoisotopic (exact) mass is 258 g/mol. The second-order valence-electron chi connectivity index (χ2n) is 2.68. The number of halogens is 1. The van der Waals surface area contributed by atoms with Crippen LogP contribution in [0, 0.1) is 0 Å². The molecular weight excluding hydrogens is 248 g/mol. The van der Waals surface area contributed by atoms with Gasteiger partial charge in [0.15, 0.2) is 5.12 Å². The summed E-state index contributed by atoms with van der Waals surface area (Å²) in [7, 11) is 0. The van der Waals surface area contributed by atoms with Crippen molar-refractivity contribution in [1.82, 2.24) is 0 Å². The third-order valence-electron chi connectivity index (χ3n) is 1.50. The molecule has 13 heavy (non-hydrogen) atoms. The number of hydrogen-bond acceptors (Lipinski definition) is 2. The maximum absolute atomic E-state index is 11.2. The van der Waals surface area contributed by atoms with Crippen LogP contribution in [0.5, 0.6) is 0 Å². The lowest BCUT2D eigenvalue weighted by Gasteiger charge is -1.98. The van der Waals surface area contributed by atoms with Crippen LogP contribution < -0.4 is 0 Å².